The molecule has 1 fully saturated rings. The van der Waals surface area contributed by atoms with E-state index in [9.17, 15) is 4.79 Å². The molecular formula is C15H21N3O2. The van der Waals surface area contributed by atoms with Gasteiger partial charge in [0.2, 0.25) is 5.91 Å². The minimum atomic E-state index is -0.200. The minimum Gasteiger partial charge on any atom is -0.369 e. The number of hydrogen-bond donors (Lipinski definition) is 0. The molecule has 1 aromatic rings. The molecule has 3 heterocycles. The zero-order valence-corrected chi connectivity index (χ0v) is 12.1. The van der Waals surface area contributed by atoms with Gasteiger partial charge in [0.1, 0.15) is 11.9 Å². The normalized spacial score (nSPS) is 26.7. The molecule has 2 aliphatic rings. The van der Waals surface area contributed by atoms with E-state index in [0.717, 1.165) is 31.8 Å². The largest absolute Gasteiger partial charge is 0.369 e. The van der Waals surface area contributed by atoms with Crippen LogP contribution in [0.4, 0.5) is 0 Å². The summed E-state index contributed by atoms with van der Waals surface area (Å²) in [6.45, 7) is 4.31. The quantitative estimate of drug-likeness (QED) is 0.771. The fraction of sp³-hybridized carbons (Fsp3) is 0.600. The van der Waals surface area contributed by atoms with E-state index in [1.54, 1.807) is 6.20 Å². The van der Waals surface area contributed by atoms with E-state index in [0.29, 0.717) is 6.61 Å². The van der Waals surface area contributed by atoms with E-state index < -0.39 is 0 Å². The summed E-state index contributed by atoms with van der Waals surface area (Å²) in [4.78, 5) is 19.0. The number of ether oxygens (including phenoxy) is 1. The van der Waals surface area contributed by atoms with Gasteiger partial charge in [-0.2, -0.15) is 0 Å². The van der Waals surface area contributed by atoms with Gasteiger partial charge in [0, 0.05) is 39.1 Å². The number of aryl methyl sites for hydroxylation is 1. The minimum absolute atomic E-state index is 0.0945. The third kappa shape index (κ3) is 2.38. The Labute approximate surface area is 119 Å². The molecule has 2 aliphatic heterocycles. The highest BCUT2D eigenvalue weighted by Crippen LogP contribution is 2.35. The average Bonchev–Trinajstić information content (AvgIpc) is 3.07. The molecule has 0 unspecified atom stereocenters. The molecule has 20 heavy (non-hydrogen) atoms. The first-order valence-electron chi connectivity index (χ1n) is 7.20. The van der Waals surface area contributed by atoms with Gasteiger partial charge >= 0.3 is 0 Å². The highest BCUT2D eigenvalue weighted by atomic mass is 16.5. The molecule has 0 aliphatic carbocycles. The fourth-order valence-electron chi connectivity index (χ4n) is 2.95. The van der Waals surface area contributed by atoms with Crippen molar-refractivity contribution in [2.45, 2.75) is 25.9 Å². The average molecular weight is 275 g/mol. The summed E-state index contributed by atoms with van der Waals surface area (Å²) in [5.74, 6) is 0.965. The third-order valence-corrected chi connectivity index (χ3v) is 4.27. The molecule has 0 aromatic carbocycles. The molecule has 1 saturated heterocycles. The lowest BCUT2D eigenvalue weighted by Gasteiger charge is -2.29. The molecule has 2 atom stereocenters. The molecule has 0 N–H and O–H groups in total. The number of carbonyl (C=O) groups excluding carboxylic acids is 1. The lowest BCUT2D eigenvalue weighted by molar-refractivity contribution is -0.137. The van der Waals surface area contributed by atoms with Crippen molar-refractivity contribution in [3.63, 3.8) is 0 Å². The van der Waals surface area contributed by atoms with Crippen LogP contribution in [0, 0.1) is 5.92 Å². The zero-order valence-electron chi connectivity index (χ0n) is 12.1. The Morgan fingerprint density at radius 2 is 2.35 bits per heavy atom. The van der Waals surface area contributed by atoms with Crippen molar-refractivity contribution < 1.29 is 9.53 Å². The van der Waals surface area contributed by atoms with Crippen LogP contribution in [-0.4, -0.2) is 40.1 Å². The van der Waals surface area contributed by atoms with Crippen molar-refractivity contribution in [2.75, 3.05) is 19.7 Å². The SMILES string of the molecule is CC1=CCN(C(=O)[C@@H]2CCO[C@H]2c2nccn2C)CC1. The number of carbonyl (C=O) groups is 1. The van der Waals surface area contributed by atoms with Crippen LogP contribution in [0.1, 0.15) is 31.7 Å². The number of hydrogen-bond acceptors (Lipinski definition) is 3. The zero-order chi connectivity index (χ0) is 14.1. The highest BCUT2D eigenvalue weighted by Gasteiger charge is 2.39. The van der Waals surface area contributed by atoms with E-state index in [-0.39, 0.29) is 17.9 Å². The lowest BCUT2D eigenvalue weighted by Crippen LogP contribution is -2.40. The van der Waals surface area contributed by atoms with E-state index in [2.05, 4.69) is 18.0 Å². The smallest absolute Gasteiger partial charge is 0.229 e. The molecule has 108 valence electrons. The predicted molar refractivity (Wildman–Crippen MR) is 75.0 cm³/mol. The van der Waals surface area contributed by atoms with Crippen LogP contribution >= 0.6 is 0 Å². The van der Waals surface area contributed by atoms with Crippen molar-refractivity contribution in [2.24, 2.45) is 13.0 Å². The van der Waals surface area contributed by atoms with Crippen LogP contribution in [0.5, 0.6) is 0 Å². The Morgan fingerprint density at radius 3 is 3.00 bits per heavy atom. The first kappa shape index (κ1) is 13.4. The van der Waals surface area contributed by atoms with E-state index in [1.807, 2.05) is 22.7 Å². The summed E-state index contributed by atoms with van der Waals surface area (Å²) in [5, 5.41) is 0. The topological polar surface area (TPSA) is 47.4 Å². The van der Waals surface area contributed by atoms with Gasteiger partial charge in [-0.25, -0.2) is 4.98 Å². The second-order valence-corrected chi connectivity index (χ2v) is 5.67. The second kappa shape index (κ2) is 5.40. The van der Waals surface area contributed by atoms with Gasteiger partial charge in [0.15, 0.2) is 0 Å². The van der Waals surface area contributed by atoms with Gasteiger partial charge in [0.05, 0.1) is 5.92 Å². The van der Waals surface area contributed by atoms with Crippen molar-refractivity contribution in [3.05, 3.63) is 29.9 Å². The molecule has 0 saturated carbocycles. The number of rotatable bonds is 2. The van der Waals surface area contributed by atoms with Crippen molar-refractivity contribution in [1.29, 1.82) is 0 Å². The first-order chi connectivity index (χ1) is 9.66. The van der Waals surface area contributed by atoms with Crippen molar-refractivity contribution in [1.82, 2.24) is 14.5 Å². The molecular weight excluding hydrogens is 254 g/mol. The van der Waals surface area contributed by atoms with Crippen LogP contribution in [0.15, 0.2) is 24.0 Å². The Morgan fingerprint density at radius 1 is 1.50 bits per heavy atom. The Kier molecular flexibility index (Phi) is 3.61. The molecule has 1 amide bonds. The standard InChI is InChI=1S/C15H21N3O2/c1-11-3-7-18(8-4-11)15(19)12-5-10-20-13(12)14-16-6-9-17(14)2/h3,6,9,12-13H,4-5,7-8,10H2,1-2H3/t12-,13-/m1/s1. The first-order valence-corrected chi connectivity index (χ1v) is 7.20. The van der Waals surface area contributed by atoms with Gasteiger partial charge in [-0.05, 0) is 19.8 Å². The van der Waals surface area contributed by atoms with Gasteiger partial charge in [-0.1, -0.05) is 11.6 Å². The van der Waals surface area contributed by atoms with Gasteiger partial charge < -0.3 is 14.2 Å². The molecule has 1 aromatic heterocycles. The molecule has 0 spiro atoms. The summed E-state index contributed by atoms with van der Waals surface area (Å²) < 4.78 is 7.72. The summed E-state index contributed by atoms with van der Waals surface area (Å²) >= 11 is 0. The van der Waals surface area contributed by atoms with Gasteiger partial charge in [-0.3, -0.25) is 4.79 Å². The van der Waals surface area contributed by atoms with Crippen LogP contribution in [-0.2, 0) is 16.6 Å². The maximum absolute atomic E-state index is 12.7. The Hall–Kier alpha value is -1.62. The monoisotopic (exact) mass is 275 g/mol. The molecule has 0 bridgehead atoms. The molecule has 3 rings (SSSR count). The summed E-state index contributed by atoms with van der Waals surface area (Å²) in [6.07, 6.45) is 7.36. The van der Waals surface area contributed by atoms with Gasteiger partial charge in [-0.15, -0.1) is 0 Å². The summed E-state index contributed by atoms with van der Waals surface area (Å²) in [5.41, 5.74) is 1.37. The molecule has 0 radical (unpaired) electrons. The van der Waals surface area contributed by atoms with Crippen molar-refractivity contribution in [3.8, 4) is 0 Å². The lowest BCUT2D eigenvalue weighted by atomic mass is 9.97. The highest BCUT2D eigenvalue weighted by molar-refractivity contribution is 5.80. The number of amides is 1. The number of nitrogens with zero attached hydrogens (tertiary/aromatic N) is 3. The van der Waals surface area contributed by atoms with Crippen molar-refractivity contribution >= 4 is 5.91 Å². The second-order valence-electron chi connectivity index (χ2n) is 5.67. The summed E-state index contributed by atoms with van der Waals surface area (Å²) in [7, 11) is 1.94. The number of aromatic nitrogens is 2. The van der Waals surface area contributed by atoms with Crippen LogP contribution in [0.25, 0.3) is 0 Å². The van der Waals surface area contributed by atoms with Crippen LogP contribution in [0.3, 0.4) is 0 Å². The van der Waals surface area contributed by atoms with Crippen LogP contribution in [0.2, 0.25) is 0 Å². The van der Waals surface area contributed by atoms with Gasteiger partial charge in [0.25, 0.3) is 0 Å². The molecule has 5 heteroatoms. The Balaban J connectivity index is 1.76. The van der Waals surface area contributed by atoms with E-state index >= 15 is 0 Å². The number of imidazole rings is 1. The maximum atomic E-state index is 12.7. The third-order valence-electron chi connectivity index (χ3n) is 4.27. The summed E-state index contributed by atoms with van der Waals surface area (Å²) in [6, 6.07) is 0. The maximum Gasteiger partial charge on any atom is 0.229 e. The fourth-order valence-corrected chi connectivity index (χ4v) is 2.95. The molecule has 5 nitrogen and oxygen atoms in total. The predicted octanol–water partition coefficient (Wildman–Crippen LogP) is 1.68. The van der Waals surface area contributed by atoms with E-state index in [4.69, 9.17) is 4.74 Å². The Bertz CT molecular complexity index is 535. The van der Waals surface area contributed by atoms with Crippen LogP contribution < -0.4 is 0 Å². The van der Waals surface area contributed by atoms with E-state index in [1.165, 1.54) is 5.57 Å².